The van der Waals surface area contributed by atoms with Gasteiger partial charge < -0.3 is 9.84 Å². The van der Waals surface area contributed by atoms with Crippen molar-refractivity contribution in [3.63, 3.8) is 0 Å². The predicted molar refractivity (Wildman–Crippen MR) is 81.4 cm³/mol. The molecule has 1 N–H and O–H groups in total. The Morgan fingerprint density at radius 1 is 1.29 bits per heavy atom. The van der Waals surface area contributed by atoms with E-state index in [4.69, 9.17) is 4.52 Å². The summed E-state index contributed by atoms with van der Waals surface area (Å²) in [4.78, 5) is 16.6. The summed E-state index contributed by atoms with van der Waals surface area (Å²) in [5, 5.41) is 6.99. The maximum absolute atomic E-state index is 12.3. The molecule has 0 spiro atoms. The van der Waals surface area contributed by atoms with Crippen LogP contribution in [0.3, 0.4) is 0 Å². The molecule has 0 radical (unpaired) electrons. The second kappa shape index (κ2) is 7.02. The molecule has 21 heavy (non-hydrogen) atoms. The predicted octanol–water partition coefficient (Wildman–Crippen LogP) is 3.51. The van der Waals surface area contributed by atoms with E-state index in [1.165, 1.54) is 0 Å². The number of rotatable bonds is 7. The van der Waals surface area contributed by atoms with Crippen molar-refractivity contribution in [2.45, 2.75) is 33.1 Å². The van der Waals surface area contributed by atoms with Crippen LogP contribution in [0.1, 0.15) is 49.3 Å². The number of aromatic nitrogens is 2. The van der Waals surface area contributed by atoms with Gasteiger partial charge in [0, 0.05) is 12.1 Å². The Hall–Kier alpha value is -2.17. The zero-order valence-electron chi connectivity index (χ0n) is 12.7. The van der Waals surface area contributed by atoms with Gasteiger partial charge in [0.15, 0.2) is 11.6 Å². The fourth-order valence-corrected chi connectivity index (χ4v) is 1.86. The van der Waals surface area contributed by atoms with Gasteiger partial charge in [-0.1, -0.05) is 55.8 Å². The Labute approximate surface area is 124 Å². The maximum atomic E-state index is 12.3. The number of nitrogens with one attached hydrogen (secondary N) is 1. The molecule has 0 amide bonds. The van der Waals surface area contributed by atoms with Crippen molar-refractivity contribution >= 4 is 11.8 Å². The number of carbonyl (C=O) groups excluding carboxylic acids is 1. The van der Waals surface area contributed by atoms with E-state index in [-0.39, 0.29) is 5.78 Å². The van der Waals surface area contributed by atoms with Gasteiger partial charge >= 0.3 is 6.01 Å². The Bertz CT molecular complexity index is 580. The number of hydrogen-bond donors (Lipinski definition) is 1. The molecule has 1 heterocycles. The van der Waals surface area contributed by atoms with Gasteiger partial charge in [-0.05, 0) is 12.8 Å². The van der Waals surface area contributed by atoms with Crippen LogP contribution in [0.4, 0.5) is 6.01 Å². The number of Topliss-reactive ketones (excluding diaryl/α,β-unsaturated/α-hetero) is 1. The van der Waals surface area contributed by atoms with Crippen LogP contribution in [0.2, 0.25) is 0 Å². The second-order valence-corrected chi connectivity index (χ2v) is 5.30. The molecule has 2 rings (SSSR count). The van der Waals surface area contributed by atoms with Crippen LogP contribution in [0.25, 0.3) is 0 Å². The van der Waals surface area contributed by atoms with Crippen molar-refractivity contribution < 1.29 is 9.32 Å². The Kier molecular flexibility index (Phi) is 5.09. The van der Waals surface area contributed by atoms with Gasteiger partial charge in [0.05, 0.1) is 5.92 Å². The van der Waals surface area contributed by atoms with Gasteiger partial charge in [-0.15, -0.1) is 0 Å². The fraction of sp³-hybridized carbons (Fsp3) is 0.438. The summed E-state index contributed by atoms with van der Waals surface area (Å²) >= 11 is 0. The topological polar surface area (TPSA) is 68.0 Å². The van der Waals surface area contributed by atoms with E-state index in [2.05, 4.69) is 29.3 Å². The van der Waals surface area contributed by atoms with Gasteiger partial charge in [-0.25, -0.2) is 0 Å². The third kappa shape index (κ3) is 3.90. The lowest BCUT2D eigenvalue weighted by atomic mass is 9.99. The van der Waals surface area contributed by atoms with E-state index in [0.29, 0.717) is 23.3 Å². The normalized spacial score (nSPS) is 13.7. The highest BCUT2D eigenvalue weighted by atomic mass is 16.5. The standard InChI is InChI=1S/C16H21N3O2/c1-4-11(2)10-17-16-18-15(19-21-16)12(3)14(20)13-8-6-5-7-9-13/h5-9,11-12H,4,10H2,1-3H3,(H,17,18,19). The SMILES string of the molecule is CCC(C)CNc1nc(C(C)C(=O)c2ccccc2)no1. The molecule has 0 aliphatic rings. The zero-order chi connectivity index (χ0) is 15.2. The van der Waals surface area contributed by atoms with Crippen molar-refractivity contribution in [3.05, 3.63) is 41.7 Å². The summed E-state index contributed by atoms with van der Waals surface area (Å²) in [6, 6.07) is 9.53. The molecule has 2 aromatic rings. The van der Waals surface area contributed by atoms with Gasteiger partial charge in [0.25, 0.3) is 0 Å². The number of nitrogens with zero attached hydrogens (tertiary/aromatic N) is 2. The lowest BCUT2D eigenvalue weighted by Gasteiger charge is -2.07. The van der Waals surface area contributed by atoms with Crippen LogP contribution in [0.15, 0.2) is 34.9 Å². The van der Waals surface area contributed by atoms with Crippen LogP contribution >= 0.6 is 0 Å². The quantitative estimate of drug-likeness (QED) is 0.789. The highest BCUT2D eigenvalue weighted by Gasteiger charge is 2.22. The Balaban J connectivity index is 2.02. The van der Waals surface area contributed by atoms with Crippen molar-refractivity contribution in [2.75, 3.05) is 11.9 Å². The number of anilines is 1. The summed E-state index contributed by atoms with van der Waals surface area (Å²) in [7, 11) is 0. The molecular weight excluding hydrogens is 266 g/mol. The minimum Gasteiger partial charge on any atom is -0.337 e. The average molecular weight is 287 g/mol. The van der Waals surface area contributed by atoms with E-state index in [0.717, 1.165) is 13.0 Å². The summed E-state index contributed by atoms with van der Waals surface area (Å²) in [6.45, 7) is 6.84. The first-order chi connectivity index (χ1) is 10.1. The summed E-state index contributed by atoms with van der Waals surface area (Å²) < 4.78 is 5.14. The van der Waals surface area contributed by atoms with Gasteiger partial charge in [0.2, 0.25) is 0 Å². The minimum absolute atomic E-state index is 0.00937. The zero-order valence-corrected chi connectivity index (χ0v) is 12.7. The van der Waals surface area contributed by atoms with Crippen LogP contribution in [-0.2, 0) is 0 Å². The van der Waals surface area contributed by atoms with Crippen LogP contribution < -0.4 is 5.32 Å². The lowest BCUT2D eigenvalue weighted by molar-refractivity contribution is 0.0961. The Morgan fingerprint density at radius 2 is 2.00 bits per heavy atom. The van der Waals surface area contributed by atoms with Crippen LogP contribution in [0, 0.1) is 5.92 Å². The first-order valence-electron chi connectivity index (χ1n) is 7.28. The van der Waals surface area contributed by atoms with E-state index >= 15 is 0 Å². The highest BCUT2D eigenvalue weighted by molar-refractivity contribution is 6.00. The van der Waals surface area contributed by atoms with E-state index in [1.807, 2.05) is 18.2 Å². The van der Waals surface area contributed by atoms with E-state index < -0.39 is 5.92 Å². The highest BCUT2D eigenvalue weighted by Crippen LogP contribution is 2.19. The molecule has 0 fully saturated rings. The monoisotopic (exact) mass is 287 g/mol. The molecule has 1 aromatic heterocycles. The van der Waals surface area contributed by atoms with Crippen LogP contribution in [0.5, 0.6) is 0 Å². The molecule has 2 atom stereocenters. The Morgan fingerprint density at radius 3 is 2.67 bits per heavy atom. The first-order valence-corrected chi connectivity index (χ1v) is 7.28. The first kappa shape index (κ1) is 15.2. The molecular formula is C16H21N3O2. The lowest BCUT2D eigenvalue weighted by Crippen LogP contribution is -2.12. The molecule has 0 bridgehead atoms. The molecule has 0 aliphatic carbocycles. The van der Waals surface area contributed by atoms with Gasteiger partial charge in [-0.2, -0.15) is 4.98 Å². The number of hydrogen-bond acceptors (Lipinski definition) is 5. The molecule has 0 saturated carbocycles. The largest absolute Gasteiger partial charge is 0.337 e. The smallest absolute Gasteiger partial charge is 0.321 e. The number of carbonyl (C=O) groups is 1. The number of benzene rings is 1. The van der Waals surface area contributed by atoms with Crippen molar-refractivity contribution in [3.8, 4) is 0 Å². The fourth-order valence-electron chi connectivity index (χ4n) is 1.86. The number of ketones is 1. The third-order valence-electron chi connectivity index (χ3n) is 3.58. The van der Waals surface area contributed by atoms with Crippen molar-refractivity contribution in [1.29, 1.82) is 0 Å². The summed E-state index contributed by atoms with van der Waals surface area (Å²) in [5.74, 6) is 0.513. The van der Waals surface area contributed by atoms with E-state index in [1.54, 1.807) is 19.1 Å². The summed E-state index contributed by atoms with van der Waals surface area (Å²) in [5.41, 5.74) is 0.656. The average Bonchev–Trinajstić information content (AvgIpc) is 3.00. The molecule has 5 nitrogen and oxygen atoms in total. The molecule has 1 aromatic carbocycles. The van der Waals surface area contributed by atoms with E-state index in [9.17, 15) is 4.79 Å². The third-order valence-corrected chi connectivity index (χ3v) is 3.58. The van der Waals surface area contributed by atoms with Gasteiger partial charge in [0.1, 0.15) is 0 Å². The maximum Gasteiger partial charge on any atom is 0.321 e. The minimum atomic E-state index is -0.421. The van der Waals surface area contributed by atoms with Crippen molar-refractivity contribution in [1.82, 2.24) is 10.1 Å². The molecule has 2 unspecified atom stereocenters. The summed E-state index contributed by atoms with van der Waals surface area (Å²) in [6.07, 6.45) is 1.08. The van der Waals surface area contributed by atoms with Crippen molar-refractivity contribution in [2.24, 2.45) is 5.92 Å². The molecule has 112 valence electrons. The van der Waals surface area contributed by atoms with Gasteiger partial charge in [-0.3, -0.25) is 4.79 Å². The molecule has 0 aliphatic heterocycles. The molecule has 5 heteroatoms. The second-order valence-electron chi connectivity index (χ2n) is 5.30. The van der Waals surface area contributed by atoms with Crippen LogP contribution in [-0.4, -0.2) is 22.5 Å². The molecule has 0 saturated heterocycles.